The number of nitrogens with zero attached hydrogens (tertiary/aromatic N) is 3. The molecule has 1 aliphatic heterocycles. The van der Waals surface area contributed by atoms with Crippen molar-refractivity contribution in [2.24, 2.45) is 0 Å². The molecule has 2 aromatic carbocycles. The van der Waals surface area contributed by atoms with E-state index in [9.17, 15) is 25.0 Å². The molecular weight excluding hydrogens is 352 g/mol. The zero-order valence-electron chi connectivity index (χ0n) is 14.5. The zero-order valence-corrected chi connectivity index (χ0v) is 14.5. The summed E-state index contributed by atoms with van der Waals surface area (Å²) in [5, 5.41) is 24.7. The molecule has 9 nitrogen and oxygen atoms in total. The number of hydrogen-bond acceptors (Lipinski definition) is 6. The Morgan fingerprint density at radius 3 is 2.19 bits per heavy atom. The molecule has 0 aromatic heterocycles. The Labute approximate surface area is 154 Å². The molecule has 1 aliphatic rings. The highest BCUT2D eigenvalue weighted by molar-refractivity contribution is 6.05. The fourth-order valence-electron chi connectivity index (χ4n) is 3.08. The first-order chi connectivity index (χ1) is 13.0. The topological polar surface area (TPSA) is 119 Å². The van der Waals surface area contributed by atoms with E-state index in [1.807, 2.05) is 4.90 Å². The van der Waals surface area contributed by atoms with Gasteiger partial charge in [0.25, 0.3) is 17.3 Å². The van der Waals surface area contributed by atoms with Gasteiger partial charge in [-0.3, -0.25) is 25.0 Å². The van der Waals surface area contributed by atoms with Gasteiger partial charge in [-0.2, -0.15) is 0 Å². The van der Waals surface area contributed by atoms with Crippen LogP contribution in [0.3, 0.4) is 0 Å². The third kappa shape index (κ3) is 4.20. The molecule has 9 heteroatoms. The zero-order chi connectivity index (χ0) is 19.4. The van der Waals surface area contributed by atoms with Crippen LogP contribution < -0.4 is 10.2 Å². The number of rotatable bonds is 5. The fraction of sp³-hybridized carbons (Fsp3) is 0.278. The molecule has 0 spiro atoms. The molecule has 3 rings (SSSR count). The average molecular weight is 370 g/mol. The molecule has 0 atom stereocenters. The van der Waals surface area contributed by atoms with Crippen LogP contribution in [-0.4, -0.2) is 28.8 Å². The number of hydrogen-bond donors (Lipinski definition) is 1. The quantitative estimate of drug-likeness (QED) is 0.632. The Balaban J connectivity index is 1.81. The van der Waals surface area contributed by atoms with Gasteiger partial charge in [0.05, 0.1) is 9.85 Å². The molecule has 0 saturated carbocycles. The normalized spacial score (nSPS) is 13.9. The number of nitro benzene ring substituents is 2. The Kier molecular flexibility index (Phi) is 5.30. The first-order valence-corrected chi connectivity index (χ1v) is 8.55. The molecule has 1 fully saturated rings. The van der Waals surface area contributed by atoms with E-state index in [0.29, 0.717) is 11.4 Å². The van der Waals surface area contributed by atoms with Gasteiger partial charge in [0.15, 0.2) is 0 Å². The van der Waals surface area contributed by atoms with Gasteiger partial charge < -0.3 is 10.2 Å². The summed E-state index contributed by atoms with van der Waals surface area (Å²) in [7, 11) is 0. The minimum atomic E-state index is -0.533. The maximum atomic E-state index is 12.4. The number of amides is 1. The molecular formula is C18H18N4O5. The highest BCUT2D eigenvalue weighted by Gasteiger charge is 2.23. The summed E-state index contributed by atoms with van der Waals surface area (Å²) >= 11 is 0. The van der Waals surface area contributed by atoms with E-state index in [1.165, 1.54) is 30.3 Å². The van der Waals surface area contributed by atoms with Gasteiger partial charge in [0, 0.05) is 42.5 Å². The van der Waals surface area contributed by atoms with E-state index in [-0.39, 0.29) is 16.9 Å². The second-order valence-corrected chi connectivity index (χ2v) is 6.27. The van der Waals surface area contributed by atoms with Crippen LogP contribution in [-0.2, 0) is 0 Å². The lowest BCUT2D eigenvalue weighted by Gasteiger charge is -2.28. The summed E-state index contributed by atoms with van der Waals surface area (Å²) in [4.78, 5) is 35.5. The molecule has 2 aromatic rings. The number of carbonyl (C=O) groups excluding carboxylic acids is 1. The largest absolute Gasteiger partial charge is 0.366 e. The van der Waals surface area contributed by atoms with Crippen molar-refractivity contribution >= 4 is 28.7 Å². The highest BCUT2D eigenvalue weighted by Crippen LogP contribution is 2.31. The number of anilines is 2. The molecule has 0 bridgehead atoms. The fourth-order valence-corrected chi connectivity index (χ4v) is 3.08. The van der Waals surface area contributed by atoms with Crippen LogP contribution in [0.15, 0.2) is 42.5 Å². The molecule has 0 unspecified atom stereocenters. The lowest BCUT2D eigenvalue weighted by molar-refractivity contribution is -0.384. The summed E-state index contributed by atoms with van der Waals surface area (Å²) in [5.41, 5.74) is 0.850. The minimum absolute atomic E-state index is 0.0884. The Morgan fingerprint density at radius 2 is 1.59 bits per heavy atom. The molecule has 1 heterocycles. The van der Waals surface area contributed by atoms with Crippen molar-refractivity contribution in [3.63, 3.8) is 0 Å². The predicted octanol–water partition coefficient (Wildman–Crippen LogP) is 3.75. The number of carbonyl (C=O) groups is 1. The maximum Gasteiger partial charge on any atom is 0.293 e. The molecule has 0 aliphatic carbocycles. The minimum Gasteiger partial charge on any atom is -0.366 e. The SMILES string of the molecule is O=C(Nc1ccc([N+](=O)[O-])cc1)c1ccc(N2CCCCC2)c([N+](=O)[O-])c1. The molecule has 140 valence electrons. The summed E-state index contributed by atoms with van der Waals surface area (Å²) < 4.78 is 0. The van der Waals surface area contributed by atoms with E-state index in [2.05, 4.69) is 5.32 Å². The highest BCUT2D eigenvalue weighted by atomic mass is 16.6. The van der Waals surface area contributed by atoms with Crippen molar-refractivity contribution < 1.29 is 14.6 Å². The molecule has 1 amide bonds. The van der Waals surface area contributed by atoms with E-state index in [0.717, 1.165) is 32.4 Å². The third-order valence-electron chi connectivity index (χ3n) is 4.47. The van der Waals surface area contributed by atoms with E-state index < -0.39 is 15.8 Å². The van der Waals surface area contributed by atoms with E-state index >= 15 is 0 Å². The Hall–Kier alpha value is -3.49. The second-order valence-electron chi connectivity index (χ2n) is 6.27. The van der Waals surface area contributed by atoms with Crippen molar-refractivity contribution in [2.75, 3.05) is 23.3 Å². The van der Waals surface area contributed by atoms with Gasteiger partial charge >= 0.3 is 0 Å². The smallest absolute Gasteiger partial charge is 0.293 e. The third-order valence-corrected chi connectivity index (χ3v) is 4.47. The number of nitro groups is 2. The summed E-state index contributed by atoms with van der Waals surface area (Å²) in [5.74, 6) is -0.517. The molecule has 0 radical (unpaired) electrons. The van der Waals surface area contributed by atoms with Crippen LogP contribution >= 0.6 is 0 Å². The standard InChI is InChI=1S/C18H18N4O5/c23-18(19-14-5-7-15(8-6-14)21(24)25)13-4-9-16(17(12-13)22(26)27)20-10-2-1-3-11-20/h4-9,12H,1-3,10-11H2,(H,19,23). The van der Waals surface area contributed by atoms with Crippen molar-refractivity contribution in [1.82, 2.24) is 0 Å². The molecule has 1 N–H and O–H groups in total. The van der Waals surface area contributed by atoms with Gasteiger partial charge in [0.2, 0.25) is 0 Å². The maximum absolute atomic E-state index is 12.4. The first-order valence-electron chi connectivity index (χ1n) is 8.55. The summed E-state index contributed by atoms with van der Waals surface area (Å²) in [6.45, 7) is 1.52. The number of benzene rings is 2. The Bertz CT molecular complexity index is 876. The van der Waals surface area contributed by atoms with Crippen LogP contribution in [0, 0.1) is 20.2 Å². The van der Waals surface area contributed by atoms with Crippen LogP contribution in [0.1, 0.15) is 29.6 Å². The van der Waals surface area contributed by atoms with Crippen LogP contribution in [0.2, 0.25) is 0 Å². The summed E-state index contributed by atoms with van der Waals surface area (Å²) in [6, 6.07) is 9.80. The van der Waals surface area contributed by atoms with Crippen LogP contribution in [0.25, 0.3) is 0 Å². The second kappa shape index (κ2) is 7.81. The molecule has 27 heavy (non-hydrogen) atoms. The predicted molar refractivity (Wildman–Crippen MR) is 100 cm³/mol. The molecule has 1 saturated heterocycles. The van der Waals surface area contributed by atoms with Crippen molar-refractivity contribution in [3.05, 3.63) is 68.3 Å². The van der Waals surface area contributed by atoms with E-state index in [1.54, 1.807) is 12.1 Å². The van der Waals surface area contributed by atoms with Crippen LogP contribution in [0.5, 0.6) is 0 Å². The first kappa shape index (κ1) is 18.3. The van der Waals surface area contributed by atoms with Gasteiger partial charge in [-0.1, -0.05) is 0 Å². The number of non-ortho nitro benzene ring substituents is 1. The van der Waals surface area contributed by atoms with Crippen molar-refractivity contribution in [3.8, 4) is 0 Å². The number of nitrogens with one attached hydrogen (secondary N) is 1. The monoisotopic (exact) mass is 370 g/mol. The van der Waals surface area contributed by atoms with Crippen molar-refractivity contribution in [1.29, 1.82) is 0 Å². The lowest BCUT2D eigenvalue weighted by atomic mass is 10.1. The van der Waals surface area contributed by atoms with Gasteiger partial charge in [-0.25, -0.2) is 0 Å². The van der Waals surface area contributed by atoms with E-state index in [4.69, 9.17) is 0 Å². The van der Waals surface area contributed by atoms with Gasteiger partial charge in [-0.05, 0) is 43.5 Å². The van der Waals surface area contributed by atoms with Gasteiger partial charge in [-0.15, -0.1) is 0 Å². The van der Waals surface area contributed by atoms with Gasteiger partial charge in [0.1, 0.15) is 5.69 Å². The van der Waals surface area contributed by atoms with Crippen molar-refractivity contribution in [2.45, 2.75) is 19.3 Å². The summed E-state index contributed by atoms with van der Waals surface area (Å²) in [6.07, 6.45) is 3.08. The Morgan fingerprint density at radius 1 is 0.926 bits per heavy atom. The lowest BCUT2D eigenvalue weighted by Crippen LogP contribution is -2.30. The van der Waals surface area contributed by atoms with Crippen LogP contribution in [0.4, 0.5) is 22.7 Å². The average Bonchev–Trinajstić information content (AvgIpc) is 2.68. The number of piperidine rings is 1.